The third-order valence-corrected chi connectivity index (χ3v) is 2.45. The smallest absolute Gasteiger partial charge is 0.338 e. The van der Waals surface area contributed by atoms with E-state index in [-0.39, 0.29) is 5.97 Å². The minimum absolute atomic E-state index is 0.263. The van der Waals surface area contributed by atoms with Crippen LogP contribution in [0, 0.1) is 0 Å². The molecule has 0 saturated carbocycles. The third-order valence-electron chi connectivity index (χ3n) is 2.45. The van der Waals surface area contributed by atoms with E-state index < -0.39 is 0 Å². The van der Waals surface area contributed by atoms with Crippen molar-refractivity contribution < 1.29 is 9.53 Å². The van der Waals surface area contributed by atoms with Crippen LogP contribution in [-0.4, -0.2) is 12.6 Å². The maximum Gasteiger partial charge on any atom is 0.338 e. The fourth-order valence-electron chi connectivity index (χ4n) is 1.58. The van der Waals surface area contributed by atoms with E-state index in [9.17, 15) is 4.79 Å². The largest absolute Gasteiger partial charge is 0.457 e. The molecule has 82 valence electrons. The molecule has 2 nitrogen and oxygen atoms in total. The number of carbonyl (C=O) groups excluding carboxylic acids is 1. The summed E-state index contributed by atoms with van der Waals surface area (Å²) in [5, 5.41) is 0. The first-order valence-corrected chi connectivity index (χ1v) is 5.44. The Hall–Kier alpha value is -1.83. The quantitative estimate of drug-likeness (QED) is 0.722. The van der Waals surface area contributed by atoms with Crippen LogP contribution >= 0.6 is 0 Å². The molecule has 0 aliphatic heterocycles. The zero-order valence-corrected chi connectivity index (χ0v) is 9.06. The Labute approximate surface area is 95.2 Å². The minimum Gasteiger partial charge on any atom is -0.457 e. The molecular weight excluding hydrogens is 200 g/mol. The molecule has 0 saturated heterocycles. The van der Waals surface area contributed by atoms with Gasteiger partial charge in [0.25, 0.3) is 0 Å². The molecule has 0 N–H and O–H groups in total. The summed E-state index contributed by atoms with van der Waals surface area (Å²) in [5.74, 6) is -0.263. The molecule has 2 rings (SSSR count). The van der Waals surface area contributed by atoms with E-state index in [4.69, 9.17) is 4.74 Å². The van der Waals surface area contributed by atoms with Gasteiger partial charge in [0.15, 0.2) is 0 Å². The van der Waals surface area contributed by atoms with Gasteiger partial charge in [-0.05, 0) is 30.5 Å². The van der Waals surface area contributed by atoms with Crippen molar-refractivity contribution in [2.75, 3.05) is 6.61 Å². The molecule has 16 heavy (non-hydrogen) atoms. The summed E-state index contributed by atoms with van der Waals surface area (Å²) in [6.45, 7) is 0.365. The maximum absolute atomic E-state index is 11.6. The SMILES string of the molecule is O=C(OCC1=CCCC=C1)c1ccccc1. The molecule has 0 atom stereocenters. The van der Waals surface area contributed by atoms with E-state index >= 15 is 0 Å². The van der Waals surface area contributed by atoms with Gasteiger partial charge in [-0.1, -0.05) is 36.4 Å². The van der Waals surface area contributed by atoms with Crippen LogP contribution in [0.5, 0.6) is 0 Å². The summed E-state index contributed by atoms with van der Waals surface area (Å²) < 4.78 is 5.21. The maximum atomic E-state index is 11.6. The normalized spacial score (nSPS) is 14.4. The van der Waals surface area contributed by atoms with Crippen molar-refractivity contribution in [3.05, 3.63) is 59.7 Å². The lowest BCUT2D eigenvalue weighted by Crippen LogP contribution is -2.07. The van der Waals surface area contributed by atoms with Gasteiger partial charge in [-0.3, -0.25) is 0 Å². The van der Waals surface area contributed by atoms with Crippen LogP contribution in [0.15, 0.2) is 54.1 Å². The van der Waals surface area contributed by atoms with Crippen LogP contribution in [0.3, 0.4) is 0 Å². The number of ether oxygens (including phenoxy) is 1. The standard InChI is InChI=1S/C14H14O2/c15-14(13-9-5-2-6-10-13)16-11-12-7-3-1-4-8-12/h2-3,5-10H,1,4,11H2. The second-order valence-corrected chi connectivity index (χ2v) is 3.70. The molecule has 1 aliphatic carbocycles. The molecule has 2 heteroatoms. The van der Waals surface area contributed by atoms with Crippen molar-refractivity contribution in [1.82, 2.24) is 0 Å². The number of esters is 1. The topological polar surface area (TPSA) is 26.3 Å². The van der Waals surface area contributed by atoms with Crippen molar-refractivity contribution in [2.45, 2.75) is 12.8 Å². The summed E-state index contributed by atoms with van der Waals surface area (Å²) in [4.78, 5) is 11.6. The highest BCUT2D eigenvalue weighted by atomic mass is 16.5. The highest BCUT2D eigenvalue weighted by Gasteiger charge is 2.06. The zero-order valence-electron chi connectivity index (χ0n) is 9.06. The molecule has 0 bridgehead atoms. The van der Waals surface area contributed by atoms with Gasteiger partial charge in [-0.25, -0.2) is 4.79 Å². The Morgan fingerprint density at radius 2 is 2.00 bits per heavy atom. The van der Waals surface area contributed by atoms with Crippen molar-refractivity contribution in [2.24, 2.45) is 0 Å². The number of benzene rings is 1. The monoisotopic (exact) mass is 214 g/mol. The summed E-state index contributed by atoms with van der Waals surface area (Å²) in [6.07, 6.45) is 8.34. The fraction of sp³-hybridized carbons (Fsp3) is 0.214. The van der Waals surface area contributed by atoms with Crippen molar-refractivity contribution >= 4 is 5.97 Å². The first-order valence-electron chi connectivity index (χ1n) is 5.44. The number of carbonyl (C=O) groups is 1. The highest BCUT2D eigenvalue weighted by molar-refractivity contribution is 5.89. The predicted molar refractivity (Wildman–Crippen MR) is 63.2 cm³/mol. The molecule has 1 aromatic rings. The summed E-state index contributed by atoms with van der Waals surface area (Å²) in [5.41, 5.74) is 1.68. The van der Waals surface area contributed by atoms with Gasteiger partial charge in [-0.2, -0.15) is 0 Å². The average Bonchev–Trinajstić information content (AvgIpc) is 2.38. The number of hydrogen-bond donors (Lipinski definition) is 0. The Morgan fingerprint density at radius 3 is 2.69 bits per heavy atom. The molecule has 0 spiro atoms. The van der Waals surface area contributed by atoms with Gasteiger partial charge in [0.1, 0.15) is 6.61 Å². The summed E-state index contributed by atoms with van der Waals surface area (Å²) in [7, 11) is 0. The van der Waals surface area contributed by atoms with Crippen molar-refractivity contribution in [3.63, 3.8) is 0 Å². The Bertz CT molecular complexity index is 416. The molecule has 1 aliphatic rings. The van der Waals surface area contributed by atoms with Gasteiger partial charge in [-0.15, -0.1) is 0 Å². The molecule has 0 amide bonds. The van der Waals surface area contributed by atoms with E-state index in [0.29, 0.717) is 12.2 Å². The van der Waals surface area contributed by atoms with E-state index in [1.807, 2.05) is 24.3 Å². The van der Waals surface area contributed by atoms with Gasteiger partial charge in [0.2, 0.25) is 0 Å². The molecule has 0 aromatic heterocycles. The molecule has 0 heterocycles. The van der Waals surface area contributed by atoms with Crippen LogP contribution in [0.2, 0.25) is 0 Å². The Morgan fingerprint density at radius 1 is 1.19 bits per heavy atom. The lowest BCUT2D eigenvalue weighted by molar-refractivity contribution is 0.0542. The highest BCUT2D eigenvalue weighted by Crippen LogP contribution is 2.10. The van der Waals surface area contributed by atoms with E-state index in [2.05, 4.69) is 12.2 Å². The summed E-state index contributed by atoms with van der Waals surface area (Å²) in [6, 6.07) is 9.05. The Balaban J connectivity index is 1.89. The summed E-state index contributed by atoms with van der Waals surface area (Å²) >= 11 is 0. The van der Waals surface area contributed by atoms with E-state index in [1.165, 1.54) is 0 Å². The van der Waals surface area contributed by atoms with Crippen molar-refractivity contribution in [1.29, 1.82) is 0 Å². The van der Waals surface area contributed by atoms with Crippen LogP contribution in [0.1, 0.15) is 23.2 Å². The van der Waals surface area contributed by atoms with Gasteiger partial charge < -0.3 is 4.74 Å². The van der Waals surface area contributed by atoms with Crippen LogP contribution in [0.4, 0.5) is 0 Å². The lowest BCUT2D eigenvalue weighted by Gasteiger charge is -2.08. The molecule has 0 fully saturated rings. The number of hydrogen-bond acceptors (Lipinski definition) is 2. The van der Waals surface area contributed by atoms with Crippen LogP contribution in [0.25, 0.3) is 0 Å². The number of rotatable bonds is 3. The van der Waals surface area contributed by atoms with Gasteiger partial charge in [0, 0.05) is 0 Å². The minimum atomic E-state index is -0.263. The molecule has 1 aromatic carbocycles. The average molecular weight is 214 g/mol. The third kappa shape index (κ3) is 2.83. The lowest BCUT2D eigenvalue weighted by atomic mass is 10.1. The molecular formula is C14H14O2. The fourth-order valence-corrected chi connectivity index (χ4v) is 1.58. The molecule has 0 unspecified atom stereocenters. The second-order valence-electron chi connectivity index (χ2n) is 3.70. The van der Waals surface area contributed by atoms with E-state index in [0.717, 1.165) is 18.4 Å². The Kier molecular flexibility index (Phi) is 3.54. The predicted octanol–water partition coefficient (Wildman–Crippen LogP) is 3.12. The van der Waals surface area contributed by atoms with Gasteiger partial charge >= 0.3 is 5.97 Å². The van der Waals surface area contributed by atoms with Gasteiger partial charge in [0.05, 0.1) is 5.56 Å². The van der Waals surface area contributed by atoms with E-state index in [1.54, 1.807) is 12.1 Å². The first-order chi connectivity index (χ1) is 7.86. The zero-order chi connectivity index (χ0) is 11.2. The number of allylic oxidation sites excluding steroid dienone is 2. The first kappa shape index (κ1) is 10.7. The molecule has 0 radical (unpaired) electrons. The van der Waals surface area contributed by atoms with Crippen molar-refractivity contribution in [3.8, 4) is 0 Å². The van der Waals surface area contributed by atoms with Crippen LogP contribution < -0.4 is 0 Å². The second kappa shape index (κ2) is 5.31. The van der Waals surface area contributed by atoms with Crippen LogP contribution in [-0.2, 0) is 4.74 Å².